The Morgan fingerprint density at radius 3 is 2.53 bits per heavy atom. The number of ether oxygens (including phenoxy) is 2. The lowest BCUT2D eigenvalue weighted by atomic mass is 9.92. The predicted octanol–water partition coefficient (Wildman–Crippen LogP) is 5.26. The molecule has 2 aromatic carbocycles. The van der Waals surface area contributed by atoms with Crippen LogP contribution in [0.25, 0.3) is 0 Å². The Bertz CT molecular complexity index is 831. The fourth-order valence-corrected chi connectivity index (χ4v) is 3.93. The van der Waals surface area contributed by atoms with Gasteiger partial charge in [0.05, 0.1) is 6.10 Å². The molecule has 1 N–H and O–H groups in total. The van der Waals surface area contributed by atoms with E-state index in [9.17, 15) is 4.79 Å². The second-order valence-corrected chi connectivity index (χ2v) is 8.36. The lowest BCUT2D eigenvalue weighted by Crippen LogP contribution is -2.38. The minimum atomic E-state index is -0.450. The van der Waals surface area contributed by atoms with E-state index in [0.717, 1.165) is 37.2 Å². The van der Waals surface area contributed by atoms with Crippen molar-refractivity contribution < 1.29 is 14.3 Å². The Kier molecular flexibility index (Phi) is 8.18. The van der Waals surface area contributed by atoms with Crippen LogP contribution in [0.5, 0.6) is 11.5 Å². The number of hydrogen-bond acceptors (Lipinski definition) is 3. The lowest BCUT2D eigenvalue weighted by Gasteiger charge is -2.20. The number of carbonyl (C=O) groups excluding carboxylic acids is 1. The number of rotatable bonds is 10. The van der Waals surface area contributed by atoms with Crippen molar-refractivity contribution in [1.29, 1.82) is 0 Å². The summed E-state index contributed by atoms with van der Waals surface area (Å²) in [7, 11) is 0. The van der Waals surface area contributed by atoms with Crippen LogP contribution < -0.4 is 14.8 Å². The monoisotopic (exact) mass is 409 g/mol. The maximum absolute atomic E-state index is 12.6. The molecule has 162 valence electrons. The summed E-state index contributed by atoms with van der Waals surface area (Å²) in [6.07, 6.45) is 6.92. The highest BCUT2D eigenvalue weighted by Crippen LogP contribution is 2.26. The molecule has 0 unspecified atom stereocenters. The fraction of sp³-hybridized carbons (Fsp3) is 0.500. The number of benzene rings is 2. The van der Waals surface area contributed by atoms with E-state index in [2.05, 4.69) is 29.6 Å². The normalized spacial score (nSPS) is 14.1. The summed E-state index contributed by atoms with van der Waals surface area (Å²) in [6.45, 7) is 6.68. The molecule has 0 bridgehead atoms. The minimum absolute atomic E-state index is 0.0351. The first-order valence-electron chi connectivity index (χ1n) is 11.4. The minimum Gasteiger partial charge on any atom is -0.491 e. The van der Waals surface area contributed by atoms with Crippen molar-refractivity contribution in [2.24, 2.45) is 0 Å². The van der Waals surface area contributed by atoms with Gasteiger partial charge in [-0.25, -0.2) is 0 Å². The van der Waals surface area contributed by atoms with Gasteiger partial charge in [-0.1, -0.05) is 25.1 Å². The Labute approximate surface area is 181 Å². The van der Waals surface area contributed by atoms with Gasteiger partial charge in [-0.05, 0) is 99.7 Å². The first-order chi connectivity index (χ1) is 14.5. The average Bonchev–Trinajstić information content (AvgIpc) is 2.74. The Hall–Kier alpha value is -2.49. The second kappa shape index (κ2) is 11.1. The molecule has 0 fully saturated rings. The van der Waals surface area contributed by atoms with Gasteiger partial charge in [0.1, 0.15) is 11.5 Å². The third-order valence-electron chi connectivity index (χ3n) is 5.47. The SMILES string of the molecule is CC[C@@H](Oc1ccc2c(c1)CCCC2)C(=O)NCCCc1cccc(OC(C)C)c1. The van der Waals surface area contributed by atoms with E-state index in [4.69, 9.17) is 9.47 Å². The maximum atomic E-state index is 12.6. The molecule has 30 heavy (non-hydrogen) atoms. The van der Waals surface area contributed by atoms with Crippen LogP contribution in [0.2, 0.25) is 0 Å². The van der Waals surface area contributed by atoms with E-state index in [-0.39, 0.29) is 12.0 Å². The van der Waals surface area contributed by atoms with Crippen molar-refractivity contribution in [2.75, 3.05) is 6.54 Å². The highest BCUT2D eigenvalue weighted by molar-refractivity contribution is 5.81. The highest BCUT2D eigenvalue weighted by Gasteiger charge is 2.19. The van der Waals surface area contributed by atoms with Crippen LogP contribution in [0.1, 0.15) is 63.1 Å². The molecule has 0 saturated heterocycles. The molecule has 0 aromatic heterocycles. The van der Waals surface area contributed by atoms with E-state index in [1.807, 2.05) is 39.0 Å². The van der Waals surface area contributed by atoms with Crippen LogP contribution in [-0.4, -0.2) is 24.7 Å². The predicted molar refractivity (Wildman–Crippen MR) is 121 cm³/mol. The molecule has 0 heterocycles. The average molecular weight is 410 g/mol. The molecule has 4 nitrogen and oxygen atoms in total. The third kappa shape index (κ3) is 6.51. The van der Waals surface area contributed by atoms with Gasteiger partial charge >= 0.3 is 0 Å². The van der Waals surface area contributed by atoms with Gasteiger partial charge in [0, 0.05) is 6.54 Å². The Morgan fingerprint density at radius 1 is 1.00 bits per heavy atom. The molecule has 1 atom stereocenters. The van der Waals surface area contributed by atoms with Gasteiger partial charge in [-0.3, -0.25) is 4.79 Å². The number of nitrogens with one attached hydrogen (secondary N) is 1. The van der Waals surface area contributed by atoms with Gasteiger partial charge in [-0.2, -0.15) is 0 Å². The van der Waals surface area contributed by atoms with Crippen molar-refractivity contribution in [1.82, 2.24) is 5.32 Å². The van der Waals surface area contributed by atoms with Crippen LogP contribution in [0.15, 0.2) is 42.5 Å². The molecule has 0 radical (unpaired) electrons. The summed E-state index contributed by atoms with van der Waals surface area (Å²) in [5, 5.41) is 3.04. The Balaban J connectivity index is 1.45. The molecule has 4 heteroatoms. The van der Waals surface area contributed by atoms with Crippen LogP contribution in [0.3, 0.4) is 0 Å². The topological polar surface area (TPSA) is 47.6 Å². The van der Waals surface area contributed by atoms with Crippen LogP contribution in [0, 0.1) is 0 Å². The standard InChI is InChI=1S/C26H35NO3/c1-4-25(30-24-15-14-21-11-5-6-12-22(21)18-24)26(28)27-16-8-10-20-9-7-13-23(17-20)29-19(2)3/h7,9,13-15,17-19,25H,4-6,8,10-12,16H2,1-3H3,(H,27,28)/t25-/m1/s1. The van der Waals surface area contributed by atoms with Crippen LogP contribution >= 0.6 is 0 Å². The first-order valence-corrected chi connectivity index (χ1v) is 11.4. The summed E-state index contributed by atoms with van der Waals surface area (Å²) in [6, 6.07) is 14.5. The molecule has 0 saturated carbocycles. The summed E-state index contributed by atoms with van der Waals surface area (Å²) >= 11 is 0. The summed E-state index contributed by atoms with van der Waals surface area (Å²) in [4.78, 5) is 12.6. The third-order valence-corrected chi connectivity index (χ3v) is 5.47. The van der Waals surface area contributed by atoms with Crippen molar-refractivity contribution in [3.8, 4) is 11.5 Å². The molecule has 0 aliphatic heterocycles. The lowest BCUT2D eigenvalue weighted by molar-refractivity contribution is -0.128. The van der Waals surface area contributed by atoms with Crippen LogP contribution in [-0.2, 0) is 24.1 Å². The zero-order valence-corrected chi connectivity index (χ0v) is 18.6. The van der Waals surface area contributed by atoms with Crippen molar-refractivity contribution in [2.45, 2.75) is 77.9 Å². The van der Waals surface area contributed by atoms with Gasteiger partial charge in [-0.15, -0.1) is 0 Å². The van der Waals surface area contributed by atoms with Crippen molar-refractivity contribution in [3.63, 3.8) is 0 Å². The van der Waals surface area contributed by atoms with E-state index < -0.39 is 6.10 Å². The number of amides is 1. The smallest absolute Gasteiger partial charge is 0.261 e. The van der Waals surface area contributed by atoms with Crippen LogP contribution in [0.4, 0.5) is 0 Å². The first kappa shape index (κ1) is 22.2. The zero-order valence-electron chi connectivity index (χ0n) is 18.6. The largest absolute Gasteiger partial charge is 0.491 e. The summed E-state index contributed by atoms with van der Waals surface area (Å²) in [5.41, 5.74) is 4.02. The molecule has 2 aromatic rings. The number of hydrogen-bond donors (Lipinski definition) is 1. The molecule has 1 amide bonds. The molecular formula is C26H35NO3. The molecule has 3 rings (SSSR count). The van der Waals surface area contributed by atoms with Crippen molar-refractivity contribution in [3.05, 3.63) is 59.2 Å². The summed E-state index contributed by atoms with van der Waals surface area (Å²) in [5.74, 6) is 1.67. The molecule has 0 spiro atoms. The second-order valence-electron chi connectivity index (χ2n) is 8.36. The number of aryl methyl sites for hydroxylation is 3. The van der Waals surface area contributed by atoms with Gasteiger partial charge in [0.25, 0.3) is 5.91 Å². The molecular weight excluding hydrogens is 374 g/mol. The number of carbonyl (C=O) groups is 1. The Morgan fingerprint density at radius 2 is 1.77 bits per heavy atom. The highest BCUT2D eigenvalue weighted by atomic mass is 16.5. The summed E-state index contributed by atoms with van der Waals surface area (Å²) < 4.78 is 11.8. The van der Waals surface area contributed by atoms with Gasteiger partial charge < -0.3 is 14.8 Å². The zero-order chi connectivity index (χ0) is 21.3. The van der Waals surface area contributed by atoms with Crippen molar-refractivity contribution >= 4 is 5.91 Å². The quantitative estimate of drug-likeness (QED) is 0.545. The maximum Gasteiger partial charge on any atom is 0.261 e. The molecule has 1 aliphatic carbocycles. The van der Waals surface area contributed by atoms with Gasteiger partial charge in [0.2, 0.25) is 0 Å². The van der Waals surface area contributed by atoms with Gasteiger partial charge in [0.15, 0.2) is 6.10 Å². The number of fused-ring (bicyclic) bond motifs is 1. The van der Waals surface area contributed by atoms with E-state index in [1.54, 1.807) is 0 Å². The fourth-order valence-electron chi connectivity index (χ4n) is 3.93. The van der Waals surface area contributed by atoms with E-state index >= 15 is 0 Å². The van der Waals surface area contributed by atoms with E-state index in [1.165, 1.54) is 29.5 Å². The van der Waals surface area contributed by atoms with E-state index in [0.29, 0.717) is 13.0 Å². The molecule has 1 aliphatic rings.